The maximum atomic E-state index is 13.4. The molecular weight excluding hydrogens is 412 g/mol. The van der Waals surface area contributed by atoms with Gasteiger partial charge in [0.25, 0.3) is 5.91 Å². The molecule has 3 amide bonds. The van der Waals surface area contributed by atoms with E-state index in [-0.39, 0.29) is 48.1 Å². The van der Waals surface area contributed by atoms with Crippen LogP contribution in [-0.2, 0) is 9.59 Å². The van der Waals surface area contributed by atoms with Gasteiger partial charge in [0.15, 0.2) is 0 Å². The van der Waals surface area contributed by atoms with Crippen molar-refractivity contribution in [2.24, 2.45) is 35.5 Å². The molecule has 156 valence electrons. The predicted molar refractivity (Wildman–Crippen MR) is 116 cm³/mol. The van der Waals surface area contributed by atoms with Crippen LogP contribution >= 0.6 is 11.6 Å². The Labute approximate surface area is 185 Å². The van der Waals surface area contributed by atoms with Crippen molar-refractivity contribution in [2.45, 2.75) is 6.42 Å². The number of hydrogen-bond donors (Lipinski definition) is 0. The van der Waals surface area contributed by atoms with Crippen LogP contribution in [0, 0.1) is 35.5 Å². The molecule has 0 N–H and O–H groups in total. The summed E-state index contributed by atoms with van der Waals surface area (Å²) in [5.41, 5.74) is 1.09. The van der Waals surface area contributed by atoms with E-state index in [0.29, 0.717) is 28.1 Å². The van der Waals surface area contributed by atoms with E-state index in [4.69, 9.17) is 11.6 Å². The Kier molecular flexibility index (Phi) is 4.12. The van der Waals surface area contributed by atoms with Crippen LogP contribution < -0.4 is 4.90 Å². The van der Waals surface area contributed by atoms with E-state index in [1.807, 2.05) is 6.07 Å². The Morgan fingerprint density at radius 2 is 1.48 bits per heavy atom. The minimum Gasteiger partial charge on any atom is -0.290 e. The lowest BCUT2D eigenvalue weighted by Crippen LogP contribution is -2.45. The molecule has 5 aliphatic rings. The molecule has 6 atom stereocenters. The van der Waals surface area contributed by atoms with Gasteiger partial charge in [0.05, 0.1) is 11.8 Å². The van der Waals surface area contributed by atoms with E-state index in [9.17, 15) is 14.4 Å². The van der Waals surface area contributed by atoms with Crippen molar-refractivity contribution in [3.05, 3.63) is 77.3 Å². The second-order valence-electron chi connectivity index (χ2n) is 8.98. The first-order valence-corrected chi connectivity index (χ1v) is 11.1. The number of imide groups is 1. The van der Waals surface area contributed by atoms with Crippen molar-refractivity contribution >= 4 is 35.0 Å². The quantitative estimate of drug-likeness (QED) is 0.542. The number of carbonyl (C=O) groups excluding carboxylic acids is 3. The normalized spacial score (nSPS) is 32.1. The molecule has 1 heterocycles. The molecule has 4 aliphatic carbocycles. The number of likely N-dealkylation sites (tertiary alicyclic amines) is 1. The molecule has 2 saturated carbocycles. The van der Waals surface area contributed by atoms with Crippen molar-refractivity contribution in [1.82, 2.24) is 4.90 Å². The van der Waals surface area contributed by atoms with Crippen molar-refractivity contribution < 1.29 is 14.4 Å². The van der Waals surface area contributed by atoms with Gasteiger partial charge < -0.3 is 0 Å². The van der Waals surface area contributed by atoms with Crippen LogP contribution in [0.25, 0.3) is 0 Å². The number of nitrogens with zero attached hydrogens (tertiary/aromatic N) is 2. The topological polar surface area (TPSA) is 57.7 Å². The fraction of sp³-hybridized carbons (Fsp3) is 0.320. The van der Waals surface area contributed by atoms with Crippen LogP contribution in [0.4, 0.5) is 5.69 Å². The third-order valence-corrected chi connectivity index (χ3v) is 7.69. The summed E-state index contributed by atoms with van der Waals surface area (Å²) in [6.45, 7) is -0.0885. The van der Waals surface area contributed by atoms with Crippen LogP contribution in [0.1, 0.15) is 16.8 Å². The summed E-state index contributed by atoms with van der Waals surface area (Å²) in [5, 5.41) is 0.553. The van der Waals surface area contributed by atoms with Crippen LogP contribution in [0.3, 0.4) is 0 Å². The lowest BCUT2D eigenvalue weighted by molar-refractivity contribution is -0.140. The number of amides is 3. The van der Waals surface area contributed by atoms with Crippen molar-refractivity contribution in [2.75, 3.05) is 11.6 Å². The second kappa shape index (κ2) is 6.79. The zero-order valence-electron chi connectivity index (χ0n) is 16.7. The van der Waals surface area contributed by atoms with Gasteiger partial charge in [-0.05, 0) is 66.5 Å². The van der Waals surface area contributed by atoms with E-state index < -0.39 is 0 Å². The fourth-order valence-corrected chi connectivity index (χ4v) is 6.05. The molecule has 2 bridgehead atoms. The maximum Gasteiger partial charge on any atom is 0.259 e. The molecule has 0 spiro atoms. The molecule has 3 fully saturated rings. The molecule has 2 aromatic rings. The van der Waals surface area contributed by atoms with E-state index in [0.717, 1.165) is 6.42 Å². The van der Waals surface area contributed by atoms with Gasteiger partial charge in [-0.2, -0.15) is 0 Å². The van der Waals surface area contributed by atoms with E-state index in [1.165, 1.54) is 9.80 Å². The molecule has 7 rings (SSSR count). The average molecular weight is 433 g/mol. The van der Waals surface area contributed by atoms with Gasteiger partial charge in [-0.1, -0.05) is 42.0 Å². The van der Waals surface area contributed by atoms with E-state index in [2.05, 4.69) is 12.2 Å². The Hall–Kier alpha value is -2.92. The Balaban J connectivity index is 1.34. The number of anilines is 1. The highest BCUT2D eigenvalue weighted by atomic mass is 35.5. The highest BCUT2D eigenvalue weighted by Crippen LogP contribution is 2.65. The SMILES string of the molecule is O=C1[C@@H]2[C@H]3C=C[C@@H]([C@@H]4C[C@H]34)[C@@H]2C(=O)N1CN(C(=O)c1ccccc1)c1ccc(Cl)cc1. The van der Waals surface area contributed by atoms with Crippen molar-refractivity contribution in [3.8, 4) is 0 Å². The maximum absolute atomic E-state index is 13.4. The zero-order chi connectivity index (χ0) is 21.3. The van der Waals surface area contributed by atoms with E-state index in [1.54, 1.807) is 48.5 Å². The van der Waals surface area contributed by atoms with Gasteiger partial charge in [-0.3, -0.25) is 24.2 Å². The number of hydrogen-bond acceptors (Lipinski definition) is 3. The van der Waals surface area contributed by atoms with Gasteiger partial charge >= 0.3 is 0 Å². The number of halogens is 1. The number of carbonyl (C=O) groups is 3. The Morgan fingerprint density at radius 1 is 0.903 bits per heavy atom. The summed E-state index contributed by atoms with van der Waals surface area (Å²) in [6, 6.07) is 15.8. The molecule has 1 aliphatic heterocycles. The molecular formula is C25H21ClN2O3. The average Bonchev–Trinajstić information content (AvgIpc) is 3.58. The first kappa shape index (κ1) is 18.8. The Bertz CT molecular complexity index is 1080. The minimum atomic E-state index is -0.273. The molecule has 31 heavy (non-hydrogen) atoms. The highest BCUT2D eigenvalue weighted by Gasteiger charge is 2.67. The largest absolute Gasteiger partial charge is 0.290 e. The smallest absolute Gasteiger partial charge is 0.259 e. The van der Waals surface area contributed by atoms with Crippen LogP contribution in [0.5, 0.6) is 0 Å². The highest BCUT2D eigenvalue weighted by molar-refractivity contribution is 6.30. The number of allylic oxidation sites excluding steroid dienone is 2. The van der Waals surface area contributed by atoms with Crippen LogP contribution in [0.15, 0.2) is 66.7 Å². The molecule has 2 aromatic carbocycles. The fourth-order valence-electron chi connectivity index (χ4n) is 5.92. The molecule has 5 nitrogen and oxygen atoms in total. The standard InChI is InChI=1S/C25H21ClN2O3/c26-15-6-8-16(9-7-15)27(23(29)14-4-2-1-3-5-14)13-28-24(30)21-17-10-11-18(20-12-19(17)20)22(21)25(28)31/h1-11,17-22H,12-13H2/t17-,18-,19-,20+,21-,22+/m0/s1. The lowest BCUT2D eigenvalue weighted by atomic mass is 9.63. The minimum absolute atomic E-state index is 0.0885. The summed E-state index contributed by atoms with van der Waals surface area (Å²) >= 11 is 6.04. The van der Waals surface area contributed by atoms with Crippen LogP contribution in [-0.4, -0.2) is 29.3 Å². The summed E-state index contributed by atoms with van der Waals surface area (Å²) in [6.07, 6.45) is 5.43. The van der Waals surface area contributed by atoms with Gasteiger partial charge in [-0.15, -0.1) is 0 Å². The molecule has 1 saturated heterocycles. The van der Waals surface area contributed by atoms with Gasteiger partial charge in [0.1, 0.15) is 6.67 Å². The van der Waals surface area contributed by atoms with Crippen molar-refractivity contribution in [1.29, 1.82) is 0 Å². The first-order valence-electron chi connectivity index (χ1n) is 10.7. The summed E-state index contributed by atoms with van der Waals surface area (Å²) < 4.78 is 0. The summed E-state index contributed by atoms with van der Waals surface area (Å²) in [5.74, 6) is 0.333. The second-order valence-corrected chi connectivity index (χ2v) is 9.41. The van der Waals surface area contributed by atoms with Crippen LogP contribution in [0.2, 0.25) is 5.02 Å². The zero-order valence-corrected chi connectivity index (χ0v) is 17.5. The summed E-state index contributed by atoms with van der Waals surface area (Å²) in [4.78, 5) is 43.0. The van der Waals surface area contributed by atoms with Crippen molar-refractivity contribution in [3.63, 3.8) is 0 Å². The van der Waals surface area contributed by atoms with Gasteiger partial charge in [0, 0.05) is 16.3 Å². The predicted octanol–water partition coefficient (Wildman–Crippen LogP) is 4.00. The lowest BCUT2D eigenvalue weighted by Gasteiger charge is -2.37. The van der Waals surface area contributed by atoms with E-state index >= 15 is 0 Å². The monoisotopic (exact) mass is 432 g/mol. The third-order valence-electron chi connectivity index (χ3n) is 7.44. The molecule has 0 radical (unpaired) electrons. The molecule has 0 aromatic heterocycles. The third kappa shape index (κ3) is 2.79. The Morgan fingerprint density at radius 3 is 2.06 bits per heavy atom. The van der Waals surface area contributed by atoms with Gasteiger partial charge in [-0.25, -0.2) is 0 Å². The number of rotatable bonds is 4. The molecule has 0 unspecified atom stereocenters. The first-order chi connectivity index (χ1) is 15.0. The van der Waals surface area contributed by atoms with Gasteiger partial charge in [0.2, 0.25) is 11.8 Å². The molecule has 6 heteroatoms. The number of benzene rings is 2. The summed E-state index contributed by atoms with van der Waals surface area (Å²) in [7, 11) is 0.